The first-order chi connectivity index (χ1) is 7.20. The zero-order valence-electron chi connectivity index (χ0n) is 9.46. The fourth-order valence-corrected chi connectivity index (χ4v) is 2.11. The maximum atomic E-state index is 10.5. The second-order valence-electron chi connectivity index (χ2n) is 4.27. The van der Waals surface area contributed by atoms with Gasteiger partial charge >= 0.3 is 6.03 Å². The van der Waals surface area contributed by atoms with Gasteiger partial charge in [0.05, 0.1) is 0 Å². The molecule has 0 unspecified atom stereocenters. The van der Waals surface area contributed by atoms with E-state index < -0.39 is 6.03 Å². The fourth-order valence-electron chi connectivity index (χ4n) is 2.11. The summed E-state index contributed by atoms with van der Waals surface area (Å²) in [4.78, 5) is 10.5. The van der Waals surface area contributed by atoms with Gasteiger partial charge in [-0.15, -0.1) is 0 Å². The van der Waals surface area contributed by atoms with Crippen molar-refractivity contribution >= 4 is 11.7 Å². The predicted molar refractivity (Wildman–Crippen MR) is 61.6 cm³/mol. The van der Waals surface area contributed by atoms with E-state index in [9.17, 15) is 4.79 Å². The van der Waals surface area contributed by atoms with Crippen molar-refractivity contribution in [2.75, 3.05) is 0 Å². The number of nitrogens with two attached hydrogens (primary N) is 1. The Morgan fingerprint density at radius 3 is 2.27 bits per heavy atom. The lowest BCUT2D eigenvalue weighted by Crippen LogP contribution is -2.27. The lowest BCUT2D eigenvalue weighted by atomic mass is 9.88. The summed E-state index contributed by atoms with van der Waals surface area (Å²) in [6.45, 7) is 1.97. The maximum Gasteiger partial charge on any atom is 0.332 e. The summed E-state index contributed by atoms with van der Waals surface area (Å²) in [6, 6.07) is -0.583. The lowest BCUT2D eigenvalue weighted by Gasteiger charge is -2.19. The van der Waals surface area contributed by atoms with Crippen LogP contribution >= 0.6 is 0 Å². The van der Waals surface area contributed by atoms with Crippen LogP contribution in [0.2, 0.25) is 0 Å². The molecule has 0 heterocycles. The molecule has 0 atom stereocenters. The SMILES string of the molecule is C/C(=N\NC(N)=O)C1CCCCCCC1. The molecule has 1 saturated carbocycles. The molecule has 0 aromatic heterocycles. The maximum absolute atomic E-state index is 10.5. The summed E-state index contributed by atoms with van der Waals surface area (Å²) in [5.74, 6) is 0.525. The molecule has 0 aromatic rings. The Bertz CT molecular complexity index is 230. The van der Waals surface area contributed by atoms with Crippen molar-refractivity contribution in [2.45, 2.75) is 51.9 Å². The summed E-state index contributed by atoms with van der Waals surface area (Å²) >= 11 is 0. The van der Waals surface area contributed by atoms with Gasteiger partial charge in [0.1, 0.15) is 0 Å². The van der Waals surface area contributed by atoms with Gasteiger partial charge in [0.25, 0.3) is 0 Å². The molecule has 3 N–H and O–H groups in total. The molecular formula is C11H21N3O. The van der Waals surface area contributed by atoms with Gasteiger partial charge in [0.15, 0.2) is 0 Å². The number of carbonyl (C=O) groups excluding carboxylic acids is 1. The van der Waals surface area contributed by atoms with Crippen LogP contribution in [0.25, 0.3) is 0 Å². The summed E-state index contributed by atoms with van der Waals surface area (Å²) in [7, 11) is 0. The van der Waals surface area contributed by atoms with E-state index in [0.29, 0.717) is 5.92 Å². The van der Waals surface area contributed by atoms with Crippen LogP contribution in [0, 0.1) is 5.92 Å². The van der Waals surface area contributed by atoms with Crippen LogP contribution in [0.3, 0.4) is 0 Å². The molecule has 15 heavy (non-hydrogen) atoms. The number of carbonyl (C=O) groups is 1. The number of rotatable bonds is 2. The molecule has 0 saturated heterocycles. The van der Waals surface area contributed by atoms with Gasteiger partial charge in [-0.1, -0.05) is 32.1 Å². The van der Waals surface area contributed by atoms with Crippen molar-refractivity contribution in [1.29, 1.82) is 0 Å². The van der Waals surface area contributed by atoms with Crippen LogP contribution in [0.1, 0.15) is 51.9 Å². The summed E-state index contributed by atoms with van der Waals surface area (Å²) in [5, 5.41) is 4.01. The Morgan fingerprint density at radius 1 is 1.20 bits per heavy atom. The molecule has 4 nitrogen and oxygen atoms in total. The van der Waals surface area contributed by atoms with E-state index in [4.69, 9.17) is 5.73 Å². The van der Waals surface area contributed by atoms with E-state index in [2.05, 4.69) is 10.5 Å². The Morgan fingerprint density at radius 2 is 1.73 bits per heavy atom. The quantitative estimate of drug-likeness (QED) is 0.534. The Hall–Kier alpha value is -1.06. The van der Waals surface area contributed by atoms with E-state index in [0.717, 1.165) is 5.71 Å². The lowest BCUT2D eigenvalue weighted by molar-refractivity contribution is 0.249. The molecule has 86 valence electrons. The van der Waals surface area contributed by atoms with Gasteiger partial charge in [-0.05, 0) is 25.7 Å². The highest BCUT2D eigenvalue weighted by Gasteiger charge is 2.14. The predicted octanol–water partition coefficient (Wildman–Crippen LogP) is 2.39. The van der Waals surface area contributed by atoms with Gasteiger partial charge in [0, 0.05) is 5.71 Å². The molecule has 0 radical (unpaired) electrons. The minimum Gasteiger partial charge on any atom is -0.350 e. The minimum atomic E-state index is -0.583. The number of hydrogen-bond donors (Lipinski definition) is 2. The van der Waals surface area contributed by atoms with Crippen LogP contribution in [-0.2, 0) is 0 Å². The average Bonchev–Trinajstić information content (AvgIpc) is 2.13. The Labute approximate surface area is 91.3 Å². The fraction of sp³-hybridized carbons (Fsp3) is 0.818. The molecule has 0 spiro atoms. The highest BCUT2D eigenvalue weighted by atomic mass is 16.2. The summed E-state index contributed by atoms with van der Waals surface area (Å²) < 4.78 is 0. The molecule has 1 aliphatic rings. The standard InChI is InChI=1S/C11H21N3O/c1-9(13-14-11(12)15)10-7-5-3-2-4-6-8-10/h10H,2-8H2,1H3,(H3,12,14,15)/b13-9+. The van der Waals surface area contributed by atoms with Crippen molar-refractivity contribution < 1.29 is 4.79 Å². The van der Waals surface area contributed by atoms with Gasteiger partial charge in [0.2, 0.25) is 0 Å². The molecule has 1 fully saturated rings. The third-order valence-electron chi connectivity index (χ3n) is 3.04. The van der Waals surface area contributed by atoms with Crippen LogP contribution in [0.5, 0.6) is 0 Å². The van der Waals surface area contributed by atoms with E-state index in [1.807, 2.05) is 6.92 Å². The van der Waals surface area contributed by atoms with Crippen LogP contribution in [0.4, 0.5) is 4.79 Å². The van der Waals surface area contributed by atoms with Crippen molar-refractivity contribution in [3.63, 3.8) is 0 Å². The highest BCUT2D eigenvalue weighted by Crippen LogP contribution is 2.23. The zero-order chi connectivity index (χ0) is 11.1. The molecule has 0 aromatic carbocycles. The second kappa shape index (κ2) is 6.43. The van der Waals surface area contributed by atoms with Crippen molar-refractivity contribution in [3.8, 4) is 0 Å². The Kier molecular flexibility index (Phi) is 5.15. The first-order valence-corrected chi connectivity index (χ1v) is 5.80. The molecule has 1 rings (SSSR count). The molecule has 0 aliphatic heterocycles. The first kappa shape index (κ1) is 12.0. The molecular weight excluding hydrogens is 190 g/mol. The number of primary amides is 1. The second-order valence-corrected chi connectivity index (χ2v) is 4.27. The molecule has 2 amide bonds. The van der Waals surface area contributed by atoms with Crippen LogP contribution in [0.15, 0.2) is 5.10 Å². The van der Waals surface area contributed by atoms with Gasteiger partial charge in [-0.25, -0.2) is 10.2 Å². The van der Waals surface area contributed by atoms with Gasteiger partial charge in [-0.2, -0.15) is 5.10 Å². The monoisotopic (exact) mass is 211 g/mol. The largest absolute Gasteiger partial charge is 0.350 e. The van der Waals surface area contributed by atoms with Gasteiger partial charge < -0.3 is 5.73 Å². The third-order valence-corrected chi connectivity index (χ3v) is 3.04. The first-order valence-electron chi connectivity index (χ1n) is 5.80. The highest BCUT2D eigenvalue weighted by molar-refractivity contribution is 5.85. The zero-order valence-corrected chi connectivity index (χ0v) is 9.46. The van der Waals surface area contributed by atoms with E-state index in [-0.39, 0.29) is 0 Å². The van der Waals surface area contributed by atoms with Crippen molar-refractivity contribution in [2.24, 2.45) is 16.8 Å². The number of hydrogen-bond acceptors (Lipinski definition) is 2. The van der Waals surface area contributed by atoms with Gasteiger partial charge in [-0.3, -0.25) is 0 Å². The normalized spacial score (nSPS) is 20.5. The number of nitrogens with zero attached hydrogens (tertiary/aromatic N) is 1. The van der Waals surface area contributed by atoms with E-state index in [1.54, 1.807) is 0 Å². The van der Waals surface area contributed by atoms with Crippen molar-refractivity contribution in [1.82, 2.24) is 5.43 Å². The third kappa shape index (κ3) is 4.81. The minimum absolute atomic E-state index is 0.525. The molecule has 4 heteroatoms. The summed E-state index contributed by atoms with van der Waals surface area (Å²) in [5.41, 5.74) is 8.28. The molecule has 1 aliphatic carbocycles. The average molecular weight is 211 g/mol. The number of urea groups is 1. The number of nitrogens with one attached hydrogen (secondary N) is 1. The summed E-state index contributed by atoms with van der Waals surface area (Å²) in [6.07, 6.45) is 8.94. The molecule has 0 bridgehead atoms. The van der Waals surface area contributed by atoms with E-state index >= 15 is 0 Å². The van der Waals surface area contributed by atoms with Crippen LogP contribution < -0.4 is 11.2 Å². The Balaban J connectivity index is 2.44. The number of hydrazone groups is 1. The topological polar surface area (TPSA) is 67.5 Å². The van der Waals surface area contributed by atoms with E-state index in [1.165, 1.54) is 44.9 Å². The van der Waals surface area contributed by atoms with Crippen molar-refractivity contribution in [3.05, 3.63) is 0 Å². The smallest absolute Gasteiger partial charge is 0.332 e. The number of amides is 2. The van der Waals surface area contributed by atoms with Crippen LogP contribution in [-0.4, -0.2) is 11.7 Å².